The van der Waals surface area contributed by atoms with Gasteiger partial charge in [-0.05, 0) is 41.8 Å². The summed E-state index contributed by atoms with van der Waals surface area (Å²) in [4.78, 5) is 19.0. The minimum Gasteiger partial charge on any atom is -0.497 e. The molecule has 2 aromatic carbocycles. The van der Waals surface area contributed by atoms with E-state index in [0.717, 1.165) is 22.6 Å². The first-order chi connectivity index (χ1) is 15.5. The third-order valence-corrected chi connectivity index (χ3v) is 5.38. The van der Waals surface area contributed by atoms with Crippen LogP contribution in [0, 0.1) is 0 Å². The predicted molar refractivity (Wildman–Crippen MR) is 118 cm³/mol. The molecule has 4 rings (SSSR count). The van der Waals surface area contributed by atoms with Gasteiger partial charge in [-0.2, -0.15) is 4.98 Å². The quantitative estimate of drug-likeness (QED) is 0.555. The largest absolute Gasteiger partial charge is 0.497 e. The van der Waals surface area contributed by atoms with Crippen molar-refractivity contribution in [2.75, 3.05) is 33.4 Å². The third kappa shape index (κ3) is 4.91. The molecule has 1 aliphatic rings. The molecule has 0 bridgehead atoms. The van der Waals surface area contributed by atoms with Crippen molar-refractivity contribution in [1.29, 1.82) is 0 Å². The minimum absolute atomic E-state index is 0.0304. The van der Waals surface area contributed by atoms with Gasteiger partial charge >= 0.3 is 0 Å². The number of hydrogen-bond donors (Lipinski definition) is 0. The summed E-state index contributed by atoms with van der Waals surface area (Å²) in [6.07, 6.45) is -0.477. The molecule has 0 spiro atoms. The summed E-state index contributed by atoms with van der Waals surface area (Å²) in [7, 11) is 1.61. The van der Waals surface area contributed by atoms with Crippen LogP contribution in [0.1, 0.15) is 37.3 Å². The number of hydrogen-bond acceptors (Lipinski definition) is 7. The second-order valence-corrected chi connectivity index (χ2v) is 7.87. The highest BCUT2D eigenvalue weighted by atomic mass is 16.5. The molecule has 8 heteroatoms. The summed E-state index contributed by atoms with van der Waals surface area (Å²) in [5, 5.41) is 4.05. The number of para-hydroxylation sites is 1. The number of morpholine rings is 1. The maximum atomic E-state index is 12.8. The molecule has 1 unspecified atom stereocenters. The molecule has 0 radical (unpaired) electrons. The third-order valence-electron chi connectivity index (χ3n) is 5.38. The molecule has 0 N–H and O–H groups in total. The van der Waals surface area contributed by atoms with Crippen LogP contribution >= 0.6 is 0 Å². The van der Waals surface area contributed by atoms with E-state index in [2.05, 4.69) is 24.0 Å². The average molecular weight is 437 g/mol. The number of rotatable bonds is 7. The molecule has 1 fully saturated rings. The molecule has 8 nitrogen and oxygen atoms in total. The highest BCUT2D eigenvalue weighted by Gasteiger charge is 2.30. The zero-order chi connectivity index (χ0) is 22.5. The lowest BCUT2D eigenvalue weighted by molar-refractivity contribution is -0.142. The SMILES string of the molecule is COc1ccc(-c2noc(C3CN(C(=O)COc4ccccc4C(C)C)CCO3)n2)cc1. The van der Waals surface area contributed by atoms with Crippen molar-refractivity contribution in [2.24, 2.45) is 0 Å². The van der Waals surface area contributed by atoms with E-state index in [0.29, 0.717) is 37.3 Å². The summed E-state index contributed by atoms with van der Waals surface area (Å²) in [6.45, 7) is 5.38. The van der Waals surface area contributed by atoms with E-state index in [9.17, 15) is 4.79 Å². The Bertz CT molecular complexity index is 1050. The summed E-state index contributed by atoms with van der Waals surface area (Å²) in [6, 6.07) is 15.2. The standard InChI is InChI=1S/C24H27N3O5/c1-16(2)19-6-4-5-7-20(19)31-15-22(28)27-12-13-30-21(14-27)24-25-23(26-32-24)17-8-10-18(29-3)11-9-17/h4-11,16,21H,12-15H2,1-3H3. The lowest BCUT2D eigenvalue weighted by atomic mass is 10.0. The number of carbonyl (C=O) groups is 1. The van der Waals surface area contributed by atoms with Gasteiger partial charge in [0, 0.05) is 12.1 Å². The molecule has 1 atom stereocenters. The van der Waals surface area contributed by atoms with E-state index in [-0.39, 0.29) is 12.5 Å². The van der Waals surface area contributed by atoms with Gasteiger partial charge in [-0.25, -0.2) is 0 Å². The number of methoxy groups -OCH3 is 1. The summed E-state index contributed by atoms with van der Waals surface area (Å²) < 4.78 is 22.2. The molecule has 168 valence electrons. The zero-order valence-corrected chi connectivity index (χ0v) is 18.5. The van der Waals surface area contributed by atoms with Gasteiger partial charge in [0.15, 0.2) is 12.7 Å². The predicted octanol–water partition coefficient (Wildman–Crippen LogP) is 3.85. The zero-order valence-electron chi connectivity index (χ0n) is 18.5. The average Bonchev–Trinajstić information content (AvgIpc) is 3.33. The van der Waals surface area contributed by atoms with Gasteiger partial charge in [0.25, 0.3) is 11.8 Å². The normalized spacial score (nSPS) is 16.2. The number of aromatic nitrogens is 2. The van der Waals surface area contributed by atoms with Gasteiger partial charge in [-0.3, -0.25) is 4.79 Å². The maximum absolute atomic E-state index is 12.8. The Labute approximate surface area is 187 Å². The van der Waals surface area contributed by atoms with Crippen molar-refractivity contribution in [2.45, 2.75) is 25.9 Å². The van der Waals surface area contributed by atoms with Crippen LogP contribution in [0.3, 0.4) is 0 Å². The van der Waals surface area contributed by atoms with Gasteiger partial charge in [0.05, 0.1) is 20.3 Å². The number of nitrogens with zero attached hydrogens (tertiary/aromatic N) is 3. The molecular formula is C24H27N3O5. The molecule has 32 heavy (non-hydrogen) atoms. The van der Waals surface area contributed by atoms with E-state index >= 15 is 0 Å². The van der Waals surface area contributed by atoms with Gasteiger partial charge in [0.2, 0.25) is 5.82 Å². The number of ether oxygens (including phenoxy) is 3. The molecule has 3 aromatic rings. The second-order valence-electron chi connectivity index (χ2n) is 7.87. The Morgan fingerprint density at radius 2 is 1.97 bits per heavy atom. The van der Waals surface area contributed by atoms with Crippen molar-refractivity contribution < 1.29 is 23.5 Å². The van der Waals surface area contributed by atoms with Crippen LogP contribution in [0.25, 0.3) is 11.4 Å². The first-order valence-electron chi connectivity index (χ1n) is 10.6. The van der Waals surface area contributed by atoms with Gasteiger partial charge in [-0.1, -0.05) is 37.2 Å². The van der Waals surface area contributed by atoms with Crippen LogP contribution in [0.4, 0.5) is 0 Å². The van der Waals surface area contributed by atoms with E-state index in [1.54, 1.807) is 12.0 Å². The van der Waals surface area contributed by atoms with Crippen molar-refractivity contribution in [1.82, 2.24) is 15.0 Å². The van der Waals surface area contributed by atoms with Crippen molar-refractivity contribution >= 4 is 5.91 Å². The fourth-order valence-corrected chi connectivity index (χ4v) is 3.57. The highest BCUT2D eigenvalue weighted by Crippen LogP contribution is 2.27. The number of carbonyl (C=O) groups excluding carboxylic acids is 1. The summed E-state index contributed by atoms with van der Waals surface area (Å²) >= 11 is 0. The Morgan fingerprint density at radius 1 is 1.19 bits per heavy atom. The molecule has 1 aliphatic heterocycles. The lowest BCUT2D eigenvalue weighted by Gasteiger charge is -2.31. The Hall–Kier alpha value is -3.39. The van der Waals surface area contributed by atoms with E-state index in [1.165, 1.54) is 0 Å². The molecule has 0 saturated carbocycles. The summed E-state index contributed by atoms with van der Waals surface area (Å²) in [5.41, 5.74) is 1.89. The molecule has 2 heterocycles. The number of amides is 1. The molecule has 1 amide bonds. The van der Waals surface area contributed by atoms with Crippen molar-refractivity contribution in [3.05, 3.63) is 60.0 Å². The lowest BCUT2D eigenvalue weighted by Crippen LogP contribution is -2.44. The van der Waals surface area contributed by atoms with Gasteiger partial charge in [0.1, 0.15) is 11.5 Å². The first-order valence-corrected chi connectivity index (χ1v) is 10.6. The van der Waals surface area contributed by atoms with Gasteiger partial charge in [-0.15, -0.1) is 0 Å². The van der Waals surface area contributed by atoms with Crippen molar-refractivity contribution in [3.63, 3.8) is 0 Å². The molecule has 0 aliphatic carbocycles. The fraction of sp³-hybridized carbons (Fsp3) is 0.375. The second kappa shape index (κ2) is 9.82. The van der Waals surface area contributed by atoms with E-state index < -0.39 is 6.10 Å². The van der Waals surface area contributed by atoms with Gasteiger partial charge < -0.3 is 23.6 Å². The molecule has 1 aromatic heterocycles. The van der Waals surface area contributed by atoms with Crippen LogP contribution in [-0.4, -0.2) is 54.4 Å². The van der Waals surface area contributed by atoms with Crippen LogP contribution in [0.2, 0.25) is 0 Å². The summed E-state index contributed by atoms with van der Waals surface area (Å²) in [5.74, 6) is 2.50. The monoisotopic (exact) mass is 437 g/mol. The van der Waals surface area contributed by atoms with E-state index in [4.69, 9.17) is 18.7 Å². The smallest absolute Gasteiger partial charge is 0.260 e. The minimum atomic E-state index is -0.477. The molecule has 1 saturated heterocycles. The molecular weight excluding hydrogens is 410 g/mol. The first kappa shape index (κ1) is 21.8. The van der Waals surface area contributed by atoms with Crippen molar-refractivity contribution in [3.8, 4) is 22.9 Å². The van der Waals surface area contributed by atoms with Crippen LogP contribution in [-0.2, 0) is 9.53 Å². The Morgan fingerprint density at radius 3 is 2.72 bits per heavy atom. The maximum Gasteiger partial charge on any atom is 0.260 e. The Balaban J connectivity index is 1.38. The van der Waals surface area contributed by atoms with Crippen LogP contribution in [0.15, 0.2) is 53.1 Å². The highest BCUT2D eigenvalue weighted by molar-refractivity contribution is 5.78. The fourth-order valence-electron chi connectivity index (χ4n) is 3.57. The number of benzene rings is 2. The van der Waals surface area contributed by atoms with Crippen LogP contribution in [0.5, 0.6) is 11.5 Å². The van der Waals surface area contributed by atoms with Crippen LogP contribution < -0.4 is 9.47 Å². The topological polar surface area (TPSA) is 86.9 Å². The Kier molecular flexibility index (Phi) is 6.70. The van der Waals surface area contributed by atoms with E-state index in [1.807, 2.05) is 48.5 Å².